The van der Waals surface area contributed by atoms with E-state index in [2.05, 4.69) is 17.9 Å². The number of aliphatic hydroxyl groups excluding tert-OH is 1. The molecule has 0 aliphatic rings. The van der Waals surface area contributed by atoms with Crippen LogP contribution in [0.5, 0.6) is 0 Å². The van der Waals surface area contributed by atoms with Crippen molar-refractivity contribution in [2.45, 2.75) is 13.3 Å². The van der Waals surface area contributed by atoms with Crippen LogP contribution in [0.3, 0.4) is 0 Å². The molecule has 0 atom stereocenters. The van der Waals surface area contributed by atoms with Gasteiger partial charge in [-0.3, -0.25) is 0 Å². The van der Waals surface area contributed by atoms with Crippen LogP contribution in [0.2, 0.25) is 0 Å². The number of hydrogen-bond acceptors (Lipinski definition) is 3. The van der Waals surface area contributed by atoms with E-state index >= 15 is 0 Å². The average molecular weight is 168 g/mol. The van der Waals surface area contributed by atoms with Gasteiger partial charge in [0.2, 0.25) is 5.76 Å². The summed E-state index contributed by atoms with van der Waals surface area (Å²) in [5.41, 5.74) is 0.525. The summed E-state index contributed by atoms with van der Waals surface area (Å²) in [4.78, 5) is 10.8. The van der Waals surface area contributed by atoms with E-state index in [0.29, 0.717) is 12.0 Å². The highest BCUT2D eigenvalue weighted by molar-refractivity contribution is 5.86. The predicted octanol–water partition coefficient (Wildman–Crippen LogP) is 2.08. The van der Waals surface area contributed by atoms with Crippen LogP contribution in [0.4, 0.5) is 0 Å². The maximum Gasteiger partial charge on any atom is 0.378 e. The summed E-state index contributed by atoms with van der Waals surface area (Å²) in [6.45, 7) is 8.29. The molecule has 0 rings (SSSR count). The first kappa shape index (κ1) is 10.5. The Labute approximate surface area is 71.7 Å². The van der Waals surface area contributed by atoms with Crippen LogP contribution in [0.15, 0.2) is 36.8 Å². The zero-order valence-corrected chi connectivity index (χ0v) is 7.04. The smallest absolute Gasteiger partial charge is 0.378 e. The Morgan fingerprint density at radius 1 is 1.58 bits per heavy atom. The molecule has 0 aliphatic carbocycles. The molecule has 1 N–H and O–H groups in total. The number of aliphatic hydroxyl groups is 1. The predicted molar refractivity (Wildman–Crippen MR) is 46.4 cm³/mol. The second kappa shape index (κ2) is 5.18. The first-order chi connectivity index (χ1) is 5.63. The number of hydrogen-bond donors (Lipinski definition) is 1. The SMILES string of the molecule is C=CC/C(C)=C(/O)C(=O)OC=C. The third-order valence-corrected chi connectivity index (χ3v) is 1.24. The normalized spacial score (nSPS) is 11.4. The van der Waals surface area contributed by atoms with Crippen molar-refractivity contribution >= 4 is 5.97 Å². The molecule has 3 nitrogen and oxygen atoms in total. The molecule has 0 aliphatic heterocycles. The molecular formula is C9H12O3. The van der Waals surface area contributed by atoms with Gasteiger partial charge in [0.25, 0.3) is 0 Å². The lowest BCUT2D eigenvalue weighted by molar-refractivity contribution is -0.136. The van der Waals surface area contributed by atoms with Crippen LogP contribution in [0.25, 0.3) is 0 Å². The molecule has 12 heavy (non-hydrogen) atoms. The largest absolute Gasteiger partial charge is 0.502 e. The van der Waals surface area contributed by atoms with Gasteiger partial charge >= 0.3 is 5.97 Å². The standard InChI is InChI=1S/C9H12O3/c1-4-6-7(3)8(10)9(11)12-5-2/h4-5,10H,1-2,6H2,3H3/b8-7+. The first-order valence-electron chi connectivity index (χ1n) is 3.45. The van der Waals surface area contributed by atoms with E-state index in [1.54, 1.807) is 13.0 Å². The number of carbonyl (C=O) groups is 1. The zero-order chi connectivity index (χ0) is 9.56. The lowest BCUT2D eigenvalue weighted by atomic mass is 10.2. The van der Waals surface area contributed by atoms with Gasteiger partial charge in [-0.25, -0.2) is 4.79 Å². The molecule has 3 heteroatoms. The molecule has 0 radical (unpaired) electrons. The Bertz CT molecular complexity index is 226. The van der Waals surface area contributed by atoms with E-state index in [4.69, 9.17) is 5.11 Å². The fourth-order valence-corrected chi connectivity index (χ4v) is 0.619. The number of carbonyl (C=O) groups excluding carboxylic acids is 1. The first-order valence-corrected chi connectivity index (χ1v) is 3.45. The minimum Gasteiger partial charge on any atom is -0.502 e. The van der Waals surface area contributed by atoms with Crippen molar-refractivity contribution in [1.82, 2.24) is 0 Å². The highest BCUT2D eigenvalue weighted by Crippen LogP contribution is 2.07. The van der Waals surface area contributed by atoms with Crippen molar-refractivity contribution in [3.8, 4) is 0 Å². The van der Waals surface area contributed by atoms with Crippen molar-refractivity contribution in [2.24, 2.45) is 0 Å². The Kier molecular flexibility index (Phi) is 4.53. The second-order valence-electron chi connectivity index (χ2n) is 2.19. The monoisotopic (exact) mass is 168 g/mol. The van der Waals surface area contributed by atoms with Crippen LogP contribution < -0.4 is 0 Å². The van der Waals surface area contributed by atoms with Crippen LogP contribution in [0, 0.1) is 0 Å². The maximum atomic E-state index is 10.8. The lowest BCUT2D eigenvalue weighted by Crippen LogP contribution is -2.05. The molecule has 0 fully saturated rings. The fourth-order valence-electron chi connectivity index (χ4n) is 0.619. The van der Waals surface area contributed by atoms with Crippen molar-refractivity contribution in [1.29, 1.82) is 0 Å². The topological polar surface area (TPSA) is 46.5 Å². The van der Waals surface area contributed by atoms with Crippen molar-refractivity contribution in [3.05, 3.63) is 36.8 Å². The van der Waals surface area contributed by atoms with Gasteiger partial charge in [0.15, 0.2) is 0 Å². The van der Waals surface area contributed by atoms with Crippen LogP contribution in [-0.2, 0) is 9.53 Å². The lowest BCUT2D eigenvalue weighted by Gasteiger charge is -2.00. The highest BCUT2D eigenvalue weighted by atomic mass is 16.5. The summed E-state index contributed by atoms with van der Waals surface area (Å²) in [7, 11) is 0. The number of allylic oxidation sites excluding steroid dienone is 2. The summed E-state index contributed by atoms with van der Waals surface area (Å²) in [5, 5.41) is 9.16. The van der Waals surface area contributed by atoms with Crippen LogP contribution >= 0.6 is 0 Å². The van der Waals surface area contributed by atoms with E-state index < -0.39 is 5.97 Å². The summed E-state index contributed by atoms with van der Waals surface area (Å²) < 4.78 is 4.35. The van der Waals surface area contributed by atoms with Gasteiger partial charge in [0.05, 0.1) is 6.26 Å². The maximum absolute atomic E-state index is 10.8. The minimum absolute atomic E-state index is 0.380. The van der Waals surface area contributed by atoms with Gasteiger partial charge in [-0.2, -0.15) is 0 Å². The summed E-state index contributed by atoms with van der Waals surface area (Å²) in [6.07, 6.45) is 3.02. The van der Waals surface area contributed by atoms with Gasteiger partial charge in [-0.15, -0.1) is 6.58 Å². The third-order valence-electron chi connectivity index (χ3n) is 1.24. The van der Waals surface area contributed by atoms with Crippen LogP contribution in [-0.4, -0.2) is 11.1 Å². The number of ether oxygens (including phenoxy) is 1. The average Bonchev–Trinajstić information content (AvgIpc) is 2.04. The summed E-state index contributed by atoms with van der Waals surface area (Å²) >= 11 is 0. The van der Waals surface area contributed by atoms with E-state index in [1.807, 2.05) is 0 Å². The Morgan fingerprint density at radius 2 is 2.17 bits per heavy atom. The molecule has 66 valence electrons. The third kappa shape index (κ3) is 3.05. The summed E-state index contributed by atoms with van der Waals surface area (Å²) in [6, 6.07) is 0. The molecule has 0 spiro atoms. The molecule has 0 aromatic heterocycles. The highest BCUT2D eigenvalue weighted by Gasteiger charge is 2.10. The molecule has 0 aromatic carbocycles. The Balaban J connectivity index is 4.41. The van der Waals surface area contributed by atoms with Crippen LogP contribution in [0.1, 0.15) is 13.3 Å². The molecule has 0 bridgehead atoms. The Morgan fingerprint density at radius 3 is 2.58 bits per heavy atom. The molecule has 0 amide bonds. The zero-order valence-electron chi connectivity index (χ0n) is 7.04. The number of esters is 1. The van der Waals surface area contributed by atoms with E-state index in [1.165, 1.54) is 0 Å². The van der Waals surface area contributed by atoms with Crippen molar-refractivity contribution in [2.75, 3.05) is 0 Å². The molecule has 0 saturated carbocycles. The van der Waals surface area contributed by atoms with Gasteiger partial charge in [0, 0.05) is 0 Å². The molecule has 0 heterocycles. The molecule has 0 aromatic rings. The molecule has 0 unspecified atom stereocenters. The second-order valence-corrected chi connectivity index (χ2v) is 2.19. The minimum atomic E-state index is -0.788. The molecule has 0 saturated heterocycles. The van der Waals surface area contributed by atoms with Gasteiger partial charge in [0.1, 0.15) is 0 Å². The summed E-state index contributed by atoms with van der Waals surface area (Å²) in [5.74, 6) is -1.17. The van der Waals surface area contributed by atoms with E-state index in [0.717, 1.165) is 6.26 Å². The van der Waals surface area contributed by atoms with Gasteiger partial charge in [-0.1, -0.05) is 12.7 Å². The fraction of sp³-hybridized carbons (Fsp3) is 0.222. The van der Waals surface area contributed by atoms with E-state index in [-0.39, 0.29) is 5.76 Å². The van der Waals surface area contributed by atoms with Crippen molar-refractivity contribution < 1.29 is 14.6 Å². The molecular weight excluding hydrogens is 156 g/mol. The van der Waals surface area contributed by atoms with Crippen molar-refractivity contribution in [3.63, 3.8) is 0 Å². The van der Waals surface area contributed by atoms with Gasteiger partial charge in [-0.05, 0) is 18.9 Å². The van der Waals surface area contributed by atoms with E-state index in [9.17, 15) is 4.79 Å². The Hall–Kier alpha value is -1.51. The quantitative estimate of drug-likeness (QED) is 0.302. The number of rotatable bonds is 4. The van der Waals surface area contributed by atoms with Gasteiger partial charge < -0.3 is 9.84 Å².